The summed E-state index contributed by atoms with van der Waals surface area (Å²) in [5.41, 5.74) is 1.40. The molecule has 0 spiro atoms. The van der Waals surface area contributed by atoms with Crippen molar-refractivity contribution < 1.29 is 26.7 Å². The first-order valence-corrected chi connectivity index (χ1v) is 3.88. The van der Waals surface area contributed by atoms with Gasteiger partial charge < -0.3 is 5.73 Å². The topological polar surface area (TPSA) is 56.0 Å². The Kier molecular flexibility index (Phi) is 3.11. The van der Waals surface area contributed by atoms with E-state index in [1.165, 1.54) is 0 Å². The van der Waals surface area contributed by atoms with E-state index in [1.54, 1.807) is 0 Å². The Balaban J connectivity index is 3.34. The number of rotatable bonds is 2. The average Bonchev–Trinajstić information content (AvgIpc) is 2.15. The number of pyridine rings is 1. The zero-order chi connectivity index (χ0) is 12.5. The summed E-state index contributed by atoms with van der Waals surface area (Å²) in [6.07, 6.45) is -7.70. The van der Waals surface area contributed by atoms with Crippen LogP contribution in [-0.2, 0) is 6.18 Å². The second-order valence-corrected chi connectivity index (χ2v) is 2.82. The van der Waals surface area contributed by atoms with Gasteiger partial charge in [0.05, 0.1) is 11.1 Å². The van der Waals surface area contributed by atoms with Crippen molar-refractivity contribution in [2.75, 3.05) is 0 Å². The minimum atomic E-state index is -4.77. The van der Waals surface area contributed by atoms with Crippen LogP contribution in [0.2, 0.25) is 0 Å². The van der Waals surface area contributed by atoms with Crippen LogP contribution in [0.5, 0.6) is 0 Å². The molecule has 1 aromatic rings. The summed E-state index contributed by atoms with van der Waals surface area (Å²) in [5.74, 6) is -1.38. The third-order valence-electron chi connectivity index (χ3n) is 1.72. The Morgan fingerprint density at radius 3 is 2.31 bits per heavy atom. The molecule has 0 aromatic carbocycles. The van der Waals surface area contributed by atoms with E-state index < -0.39 is 35.3 Å². The Labute approximate surface area is 86.1 Å². The van der Waals surface area contributed by atoms with Gasteiger partial charge in [0.15, 0.2) is 0 Å². The van der Waals surface area contributed by atoms with Crippen molar-refractivity contribution in [1.29, 1.82) is 0 Å². The lowest BCUT2D eigenvalue weighted by Gasteiger charge is -2.09. The second kappa shape index (κ2) is 4.03. The summed E-state index contributed by atoms with van der Waals surface area (Å²) in [7, 11) is 0. The van der Waals surface area contributed by atoms with Gasteiger partial charge in [-0.3, -0.25) is 9.78 Å². The molecule has 3 nitrogen and oxygen atoms in total. The average molecular weight is 240 g/mol. The monoisotopic (exact) mass is 240 g/mol. The van der Waals surface area contributed by atoms with Crippen molar-refractivity contribution in [1.82, 2.24) is 4.98 Å². The predicted molar refractivity (Wildman–Crippen MR) is 42.7 cm³/mol. The molecule has 1 heterocycles. The highest BCUT2D eigenvalue weighted by Gasteiger charge is 2.33. The molecule has 1 rings (SSSR count). The molecule has 0 atom stereocenters. The van der Waals surface area contributed by atoms with E-state index in [2.05, 4.69) is 10.7 Å². The fourth-order valence-corrected chi connectivity index (χ4v) is 1.00. The van der Waals surface area contributed by atoms with Crippen LogP contribution in [0.4, 0.5) is 22.0 Å². The van der Waals surface area contributed by atoms with Crippen LogP contribution in [0, 0.1) is 0 Å². The Bertz CT molecular complexity index is 415. The van der Waals surface area contributed by atoms with Gasteiger partial charge in [-0.15, -0.1) is 0 Å². The van der Waals surface area contributed by atoms with E-state index in [-0.39, 0.29) is 12.3 Å². The fourth-order valence-electron chi connectivity index (χ4n) is 1.00. The maximum Gasteiger partial charge on any atom is 0.417 e. The third-order valence-corrected chi connectivity index (χ3v) is 1.72. The molecule has 16 heavy (non-hydrogen) atoms. The van der Waals surface area contributed by atoms with Crippen molar-refractivity contribution >= 4 is 5.91 Å². The van der Waals surface area contributed by atoms with Gasteiger partial charge in [-0.25, -0.2) is 8.78 Å². The molecule has 0 saturated carbocycles. The molecule has 0 aliphatic heterocycles. The Morgan fingerprint density at radius 2 is 1.94 bits per heavy atom. The van der Waals surface area contributed by atoms with E-state index in [4.69, 9.17) is 0 Å². The Morgan fingerprint density at radius 1 is 1.38 bits per heavy atom. The number of halogens is 5. The lowest BCUT2D eigenvalue weighted by Crippen LogP contribution is -2.17. The number of hydrogen-bond acceptors (Lipinski definition) is 2. The number of carbonyl (C=O) groups is 1. The number of nitrogens with zero attached hydrogens (tertiary/aromatic N) is 1. The number of carbonyl (C=O) groups excluding carboxylic acids is 1. The molecule has 0 bridgehead atoms. The quantitative estimate of drug-likeness (QED) is 0.805. The number of amides is 1. The zero-order valence-electron chi connectivity index (χ0n) is 7.55. The molecule has 0 aliphatic carbocycles. The number of nitrogens with two attached hydrogens (primary N) is 1. The maximum absolute atomic E-state index is 12.3. The second-order valence-electron chi connectivity index (χ2n) is 2.82. The molecule has 88 valence electrons. The first kappa shape index (κ1) is 12.3. The van der Waals surface area contributed by atoms with Crippen LogP contribution in [0.3, 0.4) is 0 Å². The van der Waals surface area contributed by atoms with Gasteiger partial charge in [-0.05, 0) is 6.07 Å². The predicted octanol–water partition coefficient (Wildman–Crippen LogP) is 2.14. The van der Waals surface area contributed by atoms with Crippen LogP contribution in [0.15, 0.2) is 12.3 Å². The summed E-state index contributed by atoms with van der Waals surface area (Å²) in [5, 5.41) is 0. The minimum absolute atomic E-state index is 0.230. The van der Waals surface area contributed by atoms with Gasteiger partial charge in [0, 0.05) is 6.20 Å². The van der Waals surface area contributed by atoms with Crippen LogP contribution < -0.4 is 5.73 Å². The number of alkyl halides is 5. The summed E-state index contributed by atoms with van der Waals surface area (Å²) < 4.78 is 61.1. The number of primary amides is 1. The van der Waals surface area contributed by atoms with Gasteiger partial charge >= 0.3 is 6.18 Å². The number of hydrogen-bond donors (Lipinski definition) is 1. The van der Waals surface area contributed by atoms with E-state index in [9.17, 15) is 26.7 Å². The molecule has 0 aliphatic rings. The summed E-state index contributed by atoms with van der Waals surface area (Å²) in [4.78, 5) is 13.6. The largest absolute Gasteiger partial charge is 0.417 e. The first-order chi connectivity index (χ1) is 7.23. The molecule has 0 fully saturated rings. The summed E-state index contributed by atoms with van der Waals surface area (Å²) in [6.45, 7) is 0. The standard InChI is InChI=1S/C8H5F5N2O/c9-6(10)5-4(7(14)16)1-3(2-15-5)8(11,12)13/h1-2,6H,(H2,14,16). The molecule has 2 N–H and O–H groups in total. The SMILES string of the molecule is NC(=O)c1cc(C(F)(F)F)cnc1C(F)F. The first-order valence-electron chi connectivity index (χ1n) is 3.88. The zero-order valence-corrected chi connectivity index (χ0v) is 7.55. The maximum atomic E-state index is 12.3. The lowest BCUT2D eigenvalue weighted by atomic mass is 10.1. The number of aromatic nitrogens is 1. The van der Waals surface area contributed by atoms with E-state index in [0.29, 0.717) is 0 Å². The van der Waals surface area contributed by atoms with Crippen LogP contribution in [0.1, 0.15) is 28.0 Å². The van der Waals surface area contributed by atoms with Crippen LogP contribution in [-0.4, -0.2) is 10.9 Å². The van der Waals surface area contributed by atoms with Gasteiger partial charge in [0.2, 0.25) is 0 Å². The highest BCUT2D eigenvalue weighted by Crippen LogP contribution is 2.31. The summed E-state index contributed by atoms with van der Waals surface area (Å²) in [6, 6.07) is 0.261. The van der Waals surface area contributed by atoms with Crippen molar-refractivity contribution in [3.05, 3.63) is 29.1 Å². The van der Waals surface area contributed by atoms with E-state index in [1.807, 2.05) is 0 Å². The minimum Gasteiger partial charge on any atom is -0.366 e. The summed E-state index contributed by atoms with van der Waals surface area (Å²) >= 11 is 0. The van der Waals surface area contributed by atoms with Gasteiger partial charge in [0.1, 0.15) is 5.69 Å². The molecule has 0 unspecified atom stereocenters. The molecule has 8 heteroatoms. The van der Waals surface area contributed by atoms with Gasteiger partial charge in [-0.1, -0.05) is 0 Å². The smallest absolute Gasteiger partial charge is 0.366 e. The third kappa shape index (κ3) is 2.44. The van der Waals surface area contributed by atoms with Crippen LogP contribution in [0.25, 0.3) is 0 Å². The molecule has 1 aromatic heterocycles. The van der Waals surface area contributed by atoms with Crippen LogP contribution >= 0.6 is 0 Å². The van der Waals surface area contributed by atoms with Gasteiger partial charge in [0.25, 0.3) is 12.3 Å². The van der Waals surface area contributed by atoms with Crippen molar-refractivity contribution in [2.45, 2.75) is 12.6 Å². The molecule has 0 radical (unpaired) electrons. The van der Waals surface area contributed by atoms with Crippen molar-refractivity contribution in [3.8, 4) is 0 Å². The molecule has 1 amide bonds. The van der Waals surface area contributed by atoms with Crippen molar-refractivity contribution in [2.24, 2.45) is 5.73 Å². The van der Waals surface area contributed by atoms with E-state index >= 15 is 0 Å². The molecular weight excluding hydrogens is 235 g/mol. The highest BCUT2D eigenvalue weighted by atomic mass is 19.4. The highest BCUT2D eigenvalue weighted by molar-refractivity contribution is 5.94. The van der Waals surface area contributed by atoms with Crippen molar-refractivity contribution in [3.63, 3.8) is 0 Å². The molecule has 0 saturated heterocycles. The normalized spacial score (nSPS) is 11.9. The fraction of sp³-hybridized carbons (Fsp3) is 0.250. The van der Waals surface area contributed by atoms with Gasteiger partial charge in [-0.2, -0.15) is 13.2 Å². The lowest BCUT2D eigenvalue weighted by molar-refractivity contribution is -0.137. The Hall–Kier alpha value is -1.73. The van der Waals surface area contributed by atoms with E-state index in [0.717, 1.165) is 0 Å². The molecular formula is C8H5F5N2O.